The van der Waals surface area contributed by atoms with E-state index in [2.05, 4.69) is 5.32 Å². The van der Waals surface area contributed by atoms with Crippen molar-refractivity contribution in [2.45, 2.75) is 24.6 Å². The van der Waals surface area contributed by atoms with Crippen LogP contribution in [0.25, 0.3) is 0 Å². The monoisotopic (exact) mass is 374 g/mol. The third-order valence-corrected chi connectivity index (χ3v) is 4.09. The van der Waals surface area contributed by atoms with Gasteiger partial charge in [0.1, 0.15) is 5.75 Å². The average molecular weight is 374 g/mol. The molecule has 144 valence electrons. The van der Waals surface area contributed by atoms with E-state index >= 15 is 0 Å². The second-order valence-corrected chi connectivity index (χ2v) is 6.18. The molecule has 0 aliphatic heterocycles. The molecule has 2 aromatic rings. The van der Waals surface area contributed by atoms with E-state index in [0.717, 1.165) is 5.56 Å². The van der Waals surface area contributed by atoms with Gasteiger partial charge in [0.15, 0.2) is 0 Å². The smallest absolute Gasteiger partial charge is 0.269 e. The van der Waals surface area contributed by atoms with Gasteiger partial charge < -0.3 is 27.0 Å². The molecule has 0 fully saturated rings. The topological polar surface area (TPSA) is 165 Å². The van der Waals surface area contributed by atoms with E-state index in [0.29, 0.717) is 5.56 Å². The molecule has 0 aromatic heterocycles. The van der Waals surface area contributed by atoms with Crippen LogP contribution in [0.2, 0.25) is 0 Å². The Kier molecular flexibility index (Phi) is 6.83. The fourth-order valence-corrected chi connectivity index (χ4v) is 2.48. The minimum Gasteiger partial charge on any atom is -0.508 e. The van der Waals surface area contributed by atoms with Crippen LogP contribution in [-0.4, -0.2) is 39.7 Å². The Morgan fingerprint density at radius 3 is 2.26 bits per heavy atom. The third-order valence-electron chi connectivity index (χ3n) is 4.09. The van der Waals surface area contributed by atoms with Crippen LogP contribution in [0, 0.1) is 10.1 Å². The number of nitro groups is 1. The lowest BCUT2D eigenvalue weighted by atomic mass is 10.0. The van der Waals surface area contributed by atoms with Crippen LogP contribution < -0.4 is 16.8 Å². The Hall–Kier alpha value is -3.01. The number of hydrogen-bond acceptors (Lipinski definition) is 7. The first-order valence-corrected chi connectivity index (χ1v) is 8.27. The molecule has 0 radical (unpaired) electrons. The molecule has 7 N–H and O–H groups in total. The SMILES string of the molecule is N[C@@H](Cc1ccc(O)cc1)C(=O)NC[C@H](N)[C@@H](O)c1ccc([N+](=O)[O-])cc1. The fourth-order valence-electron chi connectivity index (χ4n) is 2.48. The van der Waals surface area contributed by atoms with E-state index in [4.69, 9.17) is 11.5 Å². The molecule has 1 amide bonds. The Balaban J connectivity index is 1.85. The van der Waals surface area contributed by atoms with Gasteiger partial charge in [-0.3, -0.25) is 14.9 Å². The van der Waals surface area contributed by atoms with Crippen molar-refractivity contribution in [2.24, 2.45) is 11.5 Å². The standard InChI is InChI=1S/C18H22N4O5/c19-15(9-11-1-7-14(23)8-2-11)18(25)21-10-16(20)17(24)12-3-5-13(6-4-12)22(26)27/h1-8,15-17,23-24H,9-10,19-20H2,(H,21,25)/t15-,16-,17-/m0/s1. The number of nitro benzene ring substituents is 1. The molecule has 0 heterocycles. The van der Waals surface area contributed by atoms with Gasteiger partial charge in [-0.1, -0.05) is 12.1 Å². The molecule has 2 aromatic carbocycles. The number of non-ortho nitro benzene ring substituents is 1. The number of aliphatic hydroxyl groups is 1. The number of hydrogen-bond donors (Lipinski definition) is 5. The molecule has 3 atom stereocenters. The zero-order valence-corrected chi connectivity index (χ0v) is 14.5. The number of amides is 1. The van der Waals surface area contributed by atoms with Crippen molar-refractivity contribution in [1.29, 1.82) is 0 Å². The first-order chi connectivity index (χ1) is 12.8. The number of aliphatic hydroxyl groups excluding tert-OH is 1. The number of nitrogens with zero attached hydrogens (tertiary/aromatic N) is 1. The van der Waals surface area contributed by atoms with Gasteiger partial charge >= 0.3 is 0 Å². The van der Waals surface area contributed by atoms with Gasteiger partial charge in [-0.15, -0.1) is 0 Å². The van der Waals surface area contributed by atoms with E-state index < -0.39 is 29.0 Å². The molecular formula is C18H22N4O5. The molecule has 0 aliphatic carbocycles. The van der Waals surface area contributed by atoms with Gasteiger partial charge in [0, 0.05) is 18.7 Å². The average Bonchev–Trinajstić information content (AvgIpc) is 2.67. The van der Waals surface area contributed by atoms with Crippen LogP contribution in [-0.2, 0) is 11.2 Å². The molecule has 9 nitrogen and oxygen atoms in total. The summed E-state index contributed by atoms with van der Waals surface area (Å²) in [4.78, 5) is 22.2. The maximum absolute atomic E-state index is 12.1. The molecule has 0 saturated heterocycles. The number of benzene rings is 2. The van der Waals surface area contributed by atoms with Crippen molar-refractivity contribution in [3.63, 3.8) is 0 Å². The maximum atomic E-state index is 12.1. The third kappa shape index (κ3) is 5.74. The van der Waals surface area contributed by atoms with Crippen LogP contribution in [0.15, 0.2) is 48.5 Å². The fraction of sp³-hybridized carbons (Fsp3) is 0.278. The molecule has 27 heavy (non-hydrogen) atoms. The van der Waals surface area contributed by atoms with Crippen LogP contribution in [0.5, 0.6) is 5.75 Å². The van der Waals surface area contributed by atoms with Gasteiger partial charge in [-0.2, -0.15) is 0 Å². The predicted molar refractivity (Wildman–Crippen MR) is 98.8 cm³/mol. The molecule has 0 spiro atoms. The van der Waals surface area contributed by atoms with Gasteiger partial charge in [0.2, 0.25) is 5.91 Å². The Morgan fingerprint density at radius 1 is 1.11 bits per heavy atom. The van der Waals surface area contributed by atoms with Crippen LogP contribution in [0.4, 0.5) is 5.69 Å². The van der Waals surface area contributed by atoms with Crippen molar-refractivity contribution in [3.8, 4) is 5.75 Å². The van der Waals surface area contributed by atoms with Crippen molar-refractivity contribution in [2.75, 3.05) is 6.54 Å². The highest BCUT2D eigenvalue weighted by atomic mass is 16.6. The predicted octanol–water partition coefficient (Wildman–Crippen LogP) is 0.347. The van der Waals surface area contributed by atoms with Gasteiger partial charge in [0.25, 0.3) is 5.69 Å². The van der Waals surface area contributed by atoms with E-state index in [1.54, 1.807) is 12.1 Å². The summed E-state index contributed by atoms with van der Waals surface area (Å²) >= 11 is 0. The lowest BCUT2D eigenvalue weighted by Gasteiger charge is -2.21. The second kappa shape index (κ2) is 9.08. The molecule has 2 rings (SSSR count). The summed E-state index contributed by atoms with van der Waals surface area (Å²) in [5.41, 5.74) is 12.9. The molecule has 0 unspecified atom stereocenters. The second-order valence-electron chi connectivity index (χ2n) is 6.18. The largest absolute Gasteiger partial charge is 0.508 e. The molecule has 9 heteroatoms. The summed E-state index contributed by atoms with van der Waals surface area (Å²) in [6.45, 7) is -0.0136. The maximum Gasteiger partial charge on any atom is 0.269 e. The quantitative estimate of drug-likeness (QED) is 0.328. The van der Waals surface area contributed by atoms with E-state index in [1.807, 2.05) is 0 Å². The Morgan fingerprint density at radius 2 is 1.70 bits per heavy atom. The summed E-state index contributed by atoms with van der Waals surface area (Å²) < 4.78 is 0. The Labute approximate surface area is 155 Å². The number of carbonyl (C=O) groups excluding carboxylic acids is 1. The van der Waals surface area contributed by atoms with Gasteiger partial charge in [0.05, 0.1) is 23.1 Å². The normalized spacial score (nSPS) is 14.2. The lowest BCUT2D eigenvalue weighted by molar-refractivity contribution is -0.384. The summed E-state index contributed by atoms with van der Waals surface area (Å²) in [7, 11) is 0. The van der Waals surface area contributed by atoms with Crippen molar-refractivity contribution in [1.82, 2.24) is 5.32 Å². The van der Waals surface area contributed by atoms with Gasteiger partial charge in [-0.25, -0.2) is 0 Å². The number of aromatic hydroxyl groups is 1. The summed E-state index contributed by atoms with van der Waals surface area (Å²) in [6.07, 6.45) is -0.814. The molecule has 0 saturated carbocycles. The van der Waals surface area contributed by atoms with Gasteiger partial charge in [-0.05, 0) is 41.8 Å². The minimum absolute atomic E-state index is 0.0136. The van der Waals surface area contributed by atoms with Crippen molar-refractivity contribution < 1.29 is 19.9 Å². The van der Waals surface area contributed by atoms with E-state index in [1.165, 1.54) is 36.4 Å². The van der Waals surface area contributed by atoms with Crippen LogP contribution in [0.3, 0.4) is 0 Å². The number of phenolic OH excluding ortho intramolecular Hbond substituents is 1. The summed E-state index contributed by atoms with van der Waals surface area (Å²) in [6, 6.07) is 10.1. The highest BCUT2D eigenvalue weighted by Gasteiger charge is 2.20. The number of phenols is 1. The van der Waals surface area contributed by atoms with Crippen LogP contribution >= 0.6 is 0 Å². The van der Waals surface area contributed by atoms with Crippen molar-refractivity contribution in [3.05, 3.63) is 69.8 Å². The highest BCUT2D eigenvalue weighted by Crippen LogP contribution is 2.19. The molecule has 0 aliphatic rings. The number of nitrogens with one attached hydrogen (secondary N) is 1. The first-order valence-electron chi connectivity index (χ1n) is 8.27. The molecular weight excluding hydrogens is 352 g/mol. The lowest BCUT2D eigenvalue weighted by Crippen LogP contribution is -2.47. The minimum atomic E-state index is -1.10. The first kappa shape index (κ1) is 20.3. The summed E-state index contributed by atoms with van der Waals surface area (Å²) in [5.74, 6) is -0.294. The van der Waals surface area contributed by atoms with Crippen LogP contribution in [0.1, 0.15) is 17.2 Å². The van der Waals surface area contributed by atoms with Crippen molar-refractivity contribution >= 4 is 11.6 Å². The van der Waals surface area contributed by atoms with E-state index in [-0.39, 0.29) is 24.4 Å². The number of carbonyl (C=O) groups is 1. The Bertz CT molecular complexity index is 779. The number of rotatable bonds is 8. The zero-order chi connectivity index (χ0) is 20.0. The zero-order valence-electron chi connectivity index (χ0n) is 14.5. The highest BCUT2D eigenvalue weighted by molar-refractivity contribution is 5.81. The van der Waals surface area contributed by atoms with E-state index in [9.17, 15) is 25.1 Å². The number of nitrogens with two attached hydrogens (primary N) is 2. The molecule has 0 bridgehead atoms. The summed E-state index contributed by atoms with van der Waals surface area (Å²) in [5, 5.41) is 32.7.